The normalized spacial score (nSPS) is 18.5. The third kappa shape index (κ3) is 12.2. The van der Waals surface area contributed by atoms with Gasteiger partial charge in [-0.05, 0) is 122 Å². The summed E-state index contributed by atoms with van der Waals surface area (Å²) in [5.41, 5.74) is 10.0. The van der Waals surface area contributed by atoms with E-state index in [4.69, 9.17) is 23.2 Å². The fourth-order valence-corrected chi connectivity index (χ4v) is 10.3. The van der Waals surface area contributed by atoms with Crippen LogP contribution < -0.4 is 0 Å². The van der Waals surface area contributed by atoms with Gasteiger partial charge < -0.3 is 20.0 Å². The van der Waals surface area contributed by atoms with Gasteiger partial charge in [-0.15, -0.1) is 0 Å². The Morgan fingerprint density at radius 3 is 1.53 bits per heavy atom. The predicted octanol–water partition coefficient (Wildman–Crippen LogP) is 12.6. The standard InChI is InChI=1S/C28H28ClF2N3O2.C28H26ClF2N3O2/c2*29-25-14-20(27(36)34-11-6-23(35)7-12-34)1-2-24(25)22-13-21(16-32-17-22)19-5-10-33-26(15-19)18-3-8-28(30,31)9-4-18/h1-2,5,10,13-18,23,35H,3-4,6-9,11-12H2;1-3,5,10,13-17,23,35H,4,6-9,11-12H2. The Morgan fingerprint density at radius 1 is 0.556 bits per heavy atom. The molecule has 4 aliphatic rings. The lowest BCUT2D eigenvalue weighted by molar-refractivity contribution is -0.0385. The number of carbonyl (C=O) groups is 2. The molecule has 2 aromatic carbocycles. The van der Waals surface area contributed by atoms with Crippen LogP contribution in [0.2, 0.25) is 10.0 Å². The average molecular weight is 1020 g/mol. The molecule has 374 valence electrons. The van der Waals surface area contributed by atoms with E-state index >= 15 is 0 Å². The largest absolute Gasteiger partial charge is 0.393 e. The molecule has 0 bridgehead atoms. The van der Waals surface area contributed by atoms with E-state index in [0.717, 1.165) is 55.8 Å². The van der Waals surface area contributed by atoms with Crippen molar-refractivity contribution in [2.24, 2.45) is 0 Å². The van der Waals surface area contributed by atoms with E-state index in [9.17, 15) is 37.4 Å². The lowest BCUT2D eigenvalue weighted by Crippen LogP contribution is -2.40. The number of aromatic nitrogens is 4. The molecule has 0 spiro atoms. The average Bonchev–Trinajstić information content (AvgIpc) is 3.39. The van der Waals surface area contributed by atoms with Gasteiger partial charge in [0.05, 0.1) is 17.9 Å². The third-order valence-electron chi connectivity index (χ3n) is 14.1. The molecule has 2 saturated heterocycles. The Kier molecular flexibility index (Phi) is 15.5. The summed E-state index contributed by atoms with van der Waals surface area (Å²) in [6, 6.07) is 22.1. The molecule has 0 radical (unpaired) electrons. The number of carbonyl (C=O) groups excluding carboxylic acids is 2. The van der Waals surface area contributed by atoms with Crippen molar-refractivity contribution < 1.29 is 37.4 Å². The van der Waals surface area contributed by atoms with Gasteiger partial charge >= 0.3 is 0 Å². The van der Waals surface area contributed by atoms with Crippen LogP contribution >= 0.6 is 23.2 Å². The van der Waals surface area contributed by atoms with Crippen LogP contribution in [0.25, 0.3) is 50.1 Å². The molecule has 2 N–H and O–H groups in total. The quantitative estimate of drug-likeness (QED) is 0.144. The zero-order valence-electron chi connectivity index (χ0n) is 39.5. The summed E-state index contributed by atoms with van der Waals surface area (Å²) in [6.07, 6.45) is 14.1. The Hall–Kier alpha value is -6.06. The number of rotatable bonds is 8. The Bertz CT molecular complexity index is 2970. The fourth-order valence-electron chi connectivity index (χ4n) is 9.76. The van der Waals surface area contributed by atoms with Gasteiger partial charge in [0.25, 0.3) is 17.7 Å². The summed E-state index contributed by atoms with van der Waals surface area (Å²) in [6.45, 7) is 2.11. The van der Waals surface area contributed by atoms with E-state index in [1.54, 1.807) is 77.3 Å². The van der Waals surface area contributed by atoms with Crippen molar-refractivity contribution in [3.05, 3.63) is 149 Å². The van der Waals surface area contributed by atoms with Crippen molar-refractivity contribution in [2.75, 3.05) is 26.2 Å². The number of hydrogen-bond acceptors (Lipinski definition) is 8. The SMILES string of the molecule is O=C(c1ccc(-c2cncc(-c3ccnc(C4=CCC(F)(F)CC4)c3)c2)c(Cl)c1)N1CCC(O)CC1.O=C(c1ccc(-c2cncc(-c3ccnc(C4CCC(F)(F)CC4)c3)c2)c(Cl)c1)N1CCC(O)CC1. The van der Waals surface area contributed by atoms with Gasteiger partial charge in [0.1, 0.15) is 0 Å². The number of amides is 2. The van der Waals surface area contributed by atoms with Gasteiger partial charge in [-0.25, -0.2) is 17.6 Å². The first-order chi connectivity index (χ1) is 34.6. The zero-order chi connectivity index (χ0) is 50.6. The molecule has 6 aromatic rings. The van der Waals surface area contributed by atoms with Gasteiger partial charge in [-0.3, -0.25) is 29.5 Å². The number of alkyl halides is 4. The summed E-state index contributed by atoms with van der Waals surface area (Å²) in [5.74, 6) is -5.37. The number of halogens is 6. The minimum Gasteiger partial charge on any atom is -0.393 e. The Labute approximate surface area is 425 Å². The number of allylic oxidation sites excluding steroid dienone is 2. The summed E-state index contributed by atoms with van der Waals surface area (Å²) >= 11 is 13.2. The van der Waals surface area contributed by atoms with Gasteiger partial charge in [0, 0.05) is 155 Å². The summed E-state index contributed by atoms with van der Waals surface area (Å²) in [5, 5.41) is 20.3. The minimum absolute atomic E-state index is 0.0309. The van der Waals surface area contributed by atoms with E-state index in [-0.39, 0.29) is 55.6 Å². The molecule has 10 rings (SSSR count). The number of nitrogens with zero attached hydrogens (tertiary/aromatic N) is 6. The first-order valence-electron chi connectivity index (χ1n) is 24.4. The van der Waals surface area contributed by atoms with Crippen molar-refractivity contribution in [1.82, 2.24) is 29.7 Å². The number of pyridine rings is 4. The molecule has 16 heteroatoms. The molecule has 4 aromatic heterocycles. The monoisotopic (exact) mass is 1020 g/mol. The molecule has 6 heterocycles. The van der Waals surface area contributed by atoms with Crippen molar-refractivity contribution in [1.29, 1.82) is 0 Å². The van der Waals surface area contributed by atoms with Crippen LogP contribution in [0.3, 0.4) is 0 Å². The molecular weight excluding hydrogens is 968 g/mol. The second-order valence-corrected chi connectivity index (χ2v) is 20.0. The third-order valence-corrected chi connectivity index (χ3v) is 14.7. The summed E-state index contributed by atoms with van der Waals surface area (Å²) in [7, 11) is 0. The molecule has 2 amide bonds. The highest BCUT2D eigenvalue weighted by Gasteiger charge is 2.36. The van der Waals surface area contributed by atoms with Crippen LogP contribution in [0, 0.1) is 0 Å². The van der Waals surface area contributed by atoms with Crippen molar-refractivity contribution in [2.45, 2.75) is 101 Å². The van der Waals surface area contributed by atoms with Crippen LogP contribution in [-0.4, -0.2) is 102 Å². The Morgan fingerprint density at radius 2 is 1.04 bits per heavy atom. The maximum absolute atomic E-state index is 13.6. The molecule has 72 heavy (non-hydrogen) atoms. The minimum atomic E-state index is -2.64. The highest BCUT2D eigenvalue weighted by atomic mass is 35.5. The number of likely N-dealkylation sites (tertiary alicyclic amines) is 2. The second kappa shape index (κ2) is 22.0. The van der Waals surface area contributed by atoms with E-state index in [1.807, 2.05) is 48.5 Å². The van der Waals surface area contributed by atoms with Crippen LogP contribution in [0.4, 0.5) is 17.6 Å². The number of aliphatic hydroxyl groups is 2. The maximum atomic E-state index is 13.6. The van der Waals surface area contributed by atoms with Crippen molar-refractivity contribution >= 4 is 40.6 Å². The van der Waals surface area contributed by atoms with Gasteiger partial charge in [0.2, 0.25) is 5.92 Å². The topological polar surface area (TPSA) is 133 Å². The molecule has 10 nitrogen and oxygen atoms in total. The number of benzene rings is 2. The molecule has 1 saturated carbocycles. The first kappa shape index (κ1) is 50.9. The van der Waals surface area contributed by atoms with Gasteiger partial charge in [-0.1, -0.05) is 41.4 Å². The highest BCUT2D eigenvalue weighted by molar-refractivity contribution is 6.34. The molecule has 2 aliphatic heterocycles. The van der Waals surface area contributed by atoms with Crippen LogP contribution in [-0.2, 0) is 0 Å². The van der Waals surface area contributed by atoms with Crippen LogP contribution in [0.15, 0.2) is 116 Å². The zero-order valence-corrected chi connectivity index (χ0v) is 41.0. The number of piperidine rings is 2. The Balaban J connectivity index is 0.000000178. The van der Waals surface area contributed by atoms with E-state index in [2.05, 4.69) is 19.9 Å². The molecule has 2 aliphatic carbocycles. The lowest BCUT2D eigenvalue weighted by Gasteiger charge is -2.29. The second-order valence-electron chi connectivity index (χ2n) is 19.2. The maximum Gasteiger partial charge on any atom is 0.253 e. The summed E-state index contributed by atoms with van der Waals surface area (Å²) in [4.78, 5) is 46.9. The van der Waals surface area contributed by atoms with Crippen LogP contribution in [0.5, 0.6) is 0 Å². The first-order valence-corrected chi connectivity index (χ1v) is 25.2. The predicted molar refractivity (Wildman–Crippen MR) is 271 cm³/mol. The van der Waals surface area contributed by atoms with Gasteiger partial charge in [0.15, 0.2) is 0 Å². The van der Waals surface area contributed by atoms with Crippen LogP contribution in [0.1, 0.15) is 109 Å². The van der Waals surface area contributed by atoms with E-state index in [1.165, 1.54) is 0 Å². The van der Waals surface area contributed by atoms with E-state index < -0.39 is 11.8 Å². The molecule has 0 unspecified atom stereocenters. The smallest absolute Gasteiger partial charge is 0.253 e. The number of hydrogen-bond donors (Lipinski definition) is 2. The molecular formula is C56H54Cl2F4N6O4. The van der Waals surface area contributed by atoms with Gasteiger partial charge in [-0.2, -0.15) is 0 Å². The summed E-state index contributed by atoms with van der Waals surface area (Å²) < 4.78 is 54.2. The molecule has 3 fully saturated rings. The lowest BCUT2D eigenvalue weighted by atomic mass is 9.84. The highest BCUT2D eigenvalue weighted by Crippen LogP contribution is 2.42. The van der Waals surface area contributed by atoms with E-state index in [0.29, 0.717) is 98.0 Å². The number of aliphatic hydroxyl groups excluding tert-OH is 2. The van der Waals surface area contributed by atoms with Crippen molar-refractivity contribution in [3.8, 4) is 44.5 Å². The van der Waals surface area contributed by atoms with Crippen molar-refractivity contribution in [3.63, 3.8) is 0 Å². The molecule has 0 atom stereocenters. The fraction of sp³-hybridized carbons (Fsp3) is 0.357.